The Balaban J connectivity index is 3.13. The van der Waals surface area contributed by atoms with Gasteiger partial charge in [-0.2, -0.15) is 4.31 Å². The summed E-state index contributed by atoms with van der Waals surface area (Å²) in [5.41, 5.74) is 6.36. The lowest BCUT2D eigenvalue weighted by molar-refractivity contribution is 0.270. The molecule has 1 aromatic rings. The number of anilines is 1. The minimum absolute atomic E-state index is 0.251. The zero-order chi connectivity index (χ0) is 20.3. The van der Waals surface area contributed by atoms with E-state index >= 15 is 0 Å². The fraction of sp³-hybridized carbons (Fsp3) is 0.727. The summed E-state index contributed by atoms with van der Waals surface area (Å²) in [6.45, 7) is 9.88. The number of hydrogen-bond acceptors (Lipinski definition) is 3. The van der Waals surface area contributed by atoms with Crippen molar-refractivity contribution >= 4 is 15.7 Å². The summed E-state index contributed by atoms with van der Waals surface area (Å²) >= 11 is 0. The van der Waals surface area contributed by atoms with E-state index in [1.54, 1.807) is 28.6 Å². The molecule has 0 aliphatic heterocycles. The van der Waals surface area contributed by atoms with Crippen molar-refractivity contribution in [3.8, 4) is 0 Å². The molecule has 0 radical (unpaired) electrons. The van der Waals surface area contributed by atoms with Gasteiger partial charge in [0.1, 0.15) is 4.90 Å². The highest BCUT2D eigenvalue weighted by atomic mass is 32.2. The quantitative estimate of drug-likeness (QED) is 0.411. The van der Waals surface area contributed by atoms with Crippen LogP contribution in [0.2, 0.25) is 0 Å². The number of hydrogen-bond donors (Lipinski definition) is 1. The molecule has 0 saturated heterocycles. The first-order chi connectivity index (χ1) is 12.9. The first-order valence-corrected chi connectivity index (χ1v) is 12.2. The molecule has 0 aliphatic rings. The zero-order valence-corrected chi connectivity index (χ0v) is 18.6. The van der Waals surface area contributed by atoms with Crippen molar-refractivity contribution in [1.82, 2.24) is 4.31 Å². The molecule has 2 N–H and O–H groups in total. The Morgan fingerprint density at radius 1 is 0.889 bits per heavy atom. The van der Waals surface area contributed by atoms with Gasteiger partial charge in [0.2, 0.25) is 10.0 Å². The monoisotopic (exact) mass is 396 g/mol. The van der Waals surface area contributed by atoms with E-state index in [0.717, 1.165) is 51.4 Å². The molecule has 0 aliphatic carbocycles. The van der Waals surface area contributed by atoms with E-state index < -0.39 is 10.0 Å². The van der Waals surface area contributed by atoms with Crippen LogP contribution in [0.3, 0.4) is 0 Å². The van der Waals surface area contributed by atoms with E-state index in [0.29, 0.717) is 30.6 Å². The standard InChI is InChI=1S/C22H40N2O2S/c1-5-9-13-19(7-3)17-24(18-20(8-4)14-10-6-2)27(25,26)22-16-12-11-15-21(22)23/h11-12,15-16,19-20H,5-10,13-14,17-18,23H2,1-4H3. The smallest absolute Gasteiger partial charge is 0.245 e. The van der Waals surface area contributed by atoms with Crippen LogP contribution in [0.25, 0.3) is 0 Å². The third-order valence-corrected chi connectivity index (χ3v) is 7.45. The molecule has 0 heterocycles. The van der Waals surface area contributed by atoms with Crippen molar-refractivity contribution in [2.24, 2.45) is 11.8 Å². The van der Waals surface area contributed by atoms with Crippen LogP contribution < -0.4 is 5.73 Å². The third kappa shape index (κ3) is 7.46. The zero-order valence-electron chi connectivity index (χ0n) is 17.8. The number of unbranched alkanes of at least 4 members (excludes halogenated alkanes) is 2. The molecule has 0 saturated carbocycles. The Kier molecular flexibility index (Phi) is 11.0. The maximum absolute atomic E-state index is 13.4. The second-order valence-corrected chi connectivity index (χ2v) is 9.60. The van der Waals surface area contributed by atoms with Gasteiger partial charge in [-0.1, -0.05) is 78.4 Å². The van der Waals surface area contributed by atoms with Crippen molar-refractivity contribution in [2.75, 3.05) is 18.8 Å². The van der Waals surface area contributed by atoms with Crippen LogP contribution in [0.15, 0.2) is 29.2 Å². The van der Waals surface area contributed by atoms with Crippen LogP contribution in [-0.2, 0) is 10.0 Å². The van der Waals surface area contributed by atoms with Gasteiger partial charge in [0, 0.05) is 13.1 Å². The highest BCUT2D eigenvalue weighted by Gasteiger charge is 2.29. The number of nitrogens with two attached hydrogens (primary N) is 1. The van der Waals surface area contributed by atoms with E-state index in [-0.39, 0.29) is 4.90 Å². The molecule has 0 amide bonds. The van der Waals surface area contributed by atoms with Gasteiger partial charge in [0.25, 0.3) is 0 Å². The van der Waals surface area contributed by atoms with Gasteiger partial charge in [0.15, 0.2) is 0 Å². The number of benzene rings is 1. The fourth-order valence-corrected chi connectivity index (χ4v) is 5.24. The first-order valence-electron chi connectivity index (χ1n) is 10.7. The van der Waals surface area contributed by atoms with E-state index in [2.05, 4.69) is 27.7 Å². The largest absolute Gasteiger partial charge is 0.398 e. The van der Waals surface area contributed by atoms with E-state index in [4.69, 9.17) is 5.73 Å². The SMILES string of the molecule is CCCCC(CC)CN(CC(CC)CCCC)S(=O)(=O)c1ccccc1N. The van der Waals surface area contributed by atoms with Gasteiger partial charge in [-0.05, 0) is 36.8 Å². The number of sulfonamides is 1. The Morgan fingerprint density at radius 3 is 1.78 bits per heavy atom. The van der Waals surface area contributed by atoms with Crippen molar-refractivity contribution in [3.05, 3.63) is 24.3 Å². The molecule has 27 heavy (non-hydrogen) atoms. The summed E-state index contributed by atoms with van der Waals surface area (Å²) in [6, 6.07) is 6.85. The van der Waals surface area contributed by atoms with Gasteiger partial charge in [-0.15, -0.1) is 0 Å². The lowest BCUT2D eigenvalue weighted by atomic mass is 9.97. The Bertz CT molecular complexity index is 613. The number of rotatable bonds is 14. The van der Waals surface area contributed by atoms with Gasteiger partial charge >= 0.3 is 0 Å². The van der Waals surface area contributed by atoms with Crippen LogP contribution in [0, 0.1) is 11.8 Å². The second-order valence-electron chi connectivity index (χ2n) is 7.69. The maximum atomic E-state index is 13.4. The maximum Gasteiger partial charge on any atom is 0.245 e. The predicted octanol–water partition coefficient (Wildman–Crippen LogP) is 5.69. The molecule has 1 aromatic carbocycles. The van der Waals surface area contributed by atoms with Crippen molar-refractivity contribution < 1.29 is 8.42 Å². The van der Waals surface area contributed by atoms with Crippen LogP contribution in [0.5, 0.6) is 0 Å². The van der Waals surface area contributed by atoms with Crippen LogP contribution in [0.1, 0.15) is 79.1 Å². The average molecular weight is 397 g/mol. The molecule has 0 aromatic heterocycles. The normalized spacial score (nSPS) is 14.4. The summed E-state index contributed by atoms with van der Waals surface area (Å²) < 4.78 is 28.6. The molecule has 0 bridgehead atoms. The van der Waals surface area contributed by atoms with E-state index in [9.17, 15) is 8.42 Å². The summed E-state index contributed by atoms with van der Waals surface area (Å²) in [7, 11) is -3.58. The molecule has 5 heteroatoms. The molecule has 2 unspecified atom stereocenters. The second kappa shape index (κ2) is 12.4. The molecule has 0 fully saturated rings. The van der Waals surface area contributed by atoms with Gasteiger partial charge in [-0.25, -0.2) is 8.42 Å². The van der Waals surface area contributed by atoms with Crippen molar-refractivity contribution in [3.63, 3.8) is 0 Å². The molecule has 4 nitrogen and oxygen atoms in total. The molecule has 0 spiro atoms. The molecule has 1 rings (SSSR count). The lowest BCUT2D eigenvalue weighted by Crippen LogP contribution is -2.39. The Labute approximate surface area is 167 Å². The fourth-order valence-electron chi connectivity index (χ4n) is 3.54. The summed E-state index contributed by atoms with van der Waals surface area (Å²) in [6.07, 6.45) is 8.74. The van der Waals surface area contributed by atoms with Crippen molar-refractivity contribution in [2.45, 2.75) is 84.0 Å². The first kappa shape index (κ1) is 24.0. The van der Waals surface area contributed by atoms with Gasteiger partial charge in [-0.3, -0.25) is 0 Å². The summed E-state index contributed by atoms with van der Waals surface area (Å²) in [4.78, 5) is 0.251. The third-order valence-electron chi connectivity index (χ3n) is 5.55. The van der Waals surface area contributed by atoms with E-state index in [1.165, 1.54) is 0 Å². The average Bonchev–Trinajstić information content (AvgIpc) is 2.66. The summed E-state index contributed by atoms with van der Waals surface area (Å²) in [5.74, 6) is 0.793. The van der Waals surface area contributed by atoms with Crippen LogP contribution >= 0.6 is 0 Å². The number of nitrogens with zero attached hydrogens (tertiary/aromatic N) is 1. The Morgan fingerprint density at radius 2 is 1.37 bits per heavy atom. The molecular formula is C22H40N2O2S. The number of para-hydroxylation sites is 1. The highest BCUT2D eigenvalue weighted by molar-refractivity contribution is 7.89. The summed E-state index contributed by atoms with van der Waals surface area (Å²) in [5, 5.41) is 0. The Hall–Kier alpha value is -1.07. The minimum atomic E-state index is -3.58. The van der Waals surface area contributed by atoms with Crippen LogP contribution in [0.4, 0.5) is 5.69 Å². The lowest BCUT2D eigenvalue weighted by Gasteiger charge is -2.30. The molecular weight excluding hydrogens is 356 g/mol. The van der Waals surface area contributed by atoms with Gasteiger partial charge in [0.05, 0.1) is 5.69 Å². The highest BCUT2D eigenvalue weighted by Crippen LogP contribution is 2.27. The topological polar surface area (TPSA) is 63.4 Å². The number of nitrogen functional groups attached to an aromatic ring is 1. The predicted molar refractivity (Wildman–Crippen MR) is 116 cm³/mol. The molecule has 156 valence electrons. The van der Waals surface area contributed by atoms with E-state index in [1.807, 2.05) is 0 Å². The van der Waals surface area contributed by atoms with Crippen molar-refractivity contribution in [1.29, 1.82) is 0 Å². The van der Waals surface area contributed by atoms with Crippen LogP contribution in [-0.4, -0.2) is 25.8 Å². The molecule has 2 atom stereocenters. The minimum Gasteiger partial charge on any atom is -0.398 e. The van der Waals surface area contributed by atoms with Gasteiger partial charge < -0.3 is 5.73 Å².